The van der Waals surface area contributed by atoms with Gasteiger partial charge in [0.25, 0.3) is 0 Å². The maximum atomic E-state index is 11.1. The zero-order chi connectivity index (χ0) is 10.7. The van der Waals surface area contributed by atoms with Gasteiger partial charge in [-0.15, -0.1) is 0 Å². The van der Waals surface area contributed by atoms with E-state index in [2.05, 4.69) is 34.5 Å². The monoisotopic (exact) mass is 204 g/mol. The third-order valence-corrected chi connectivity index (χ3v) is 2.87. The summed E-state index contributed by atoms with van der Waals surface area (Å²) in [5, 5.41) is 2.65. The maximum absolute atomic E-state index is 11.1. The summed E-state index contributed by atoms with van der Waals surface area (Å²) < 4.78 is 0. The largest absolute Gasteiger partial charge is 0.370 e. The van der Waals surface area contributed by atoms with Gasteiger partial charge in [-0.2, -0.15) is 0 Å². The van der Waals surface area contributed by atoms with Crippen LogP contribution in [0.3, 0.4) is 0 Å². The number of carbonyl (C=O) groups excluding carboxylic acids is 1. The molecule has 1 aromatic carbocycles. The van der Waals surface area contributed by atoms with Crippen LogP contribution in [0.25, 0.3) is 0 Å². The summed E-state index contributed by atoms with van der Waals surface area (Å²) in [7, 11) is 1.68. The Bertz CT molecular complexity index is 362. The summed E-state index contributed by atoms with van der Waals surface area (Å²) in [4.78, 5) is 13.4. The summed E-state index contributed by atoms with van der Waals surface area (Å²) in [6, 6.07) is 8.42. The van der Waals surface area contributed by atoms with E-state index in [-0.39, 0.29) is 5.91 Å². The first kappa shape index (κ1) is 10.0. The van der Waals surface area contributed by atoms with Crippen LogP contribution < -0.4 is 10.2 Å². The van der Waals surface area contributed by atoms with E-state index in [0.29, 0.717) is 6.42 Å². The molecule has 0 saturated heterocycles. The van der Waals surface area contributed by atoms with Crippen molar-refractivity contribution in [2.45, 2.75) is 12.8 Å². The minimum absolute atomic E-state index is 0.111. The fourth-order valence-corrected chi connectivity index (χ4v) is 2.00. The second kappa shape index (κ2) is 4.34. The first-order valence-electron chi connectivity index (χ1n) is 5.34. The number of nitrogens with zero attached hydrogens (tertiary/aromatic N) is 1. The Morgan fingerprint density at radius 3 is 3.07 bits per heavy atom. The lowest BCUT2D eigenvalue weighted by atomic mass is 10.2. The van der Waals surface area contributed by atoms with Crippen LogP contribution in [0.2, 0.25) is 0 Å². The highest BCUT2D eigenvalue weighted by atomic mass is 16.1. The van der Waals surface area contributed by atoms with Gasteiger partial charge in [-0.3, -0.25) is 4.79 Å². The zero-order valence-corrected chi connectivity index (χ0v) is 8.99. The molecule has 2 rings (SSSR count). The summed E-state index contributed by atoms with van der Waals surface area (Å²) in [5.41, 5.74) is 2.69. The summed E-state index contributed by atoms with van der Waals surface area (Å²) in [6.07, 6.45) is 1.68. The minimum atomic E-state index is 0.111. The van der Waals surface area contributed by atoms with E-state index >= 15 is 0 Å². The SMILES string of the molecule is CNC(=O)CCN1CCc2ccccc21. The van der Waals surface area contributed by atoms with Crippen LogP contribution in [-0.4, -0.2) is 26.0 Å². The minimum Gasteiger partial charge on any atom is -0.370 e. The van der Waals surface area contributed by atoms with Gasteiger partial charge in [-0.05, 0) is 18.1 Å². The van der Waals surface area contributed by atoms with E-state index in [1.165, 1.54) is 11.3 Å². The van der Waals surface area contributed by atoms with Crippen LogP contribution in [0.4, 0.5) is 5.69 Å². The molecule has 0 unspecified atom stereocenters. The molecule has 0 saturated carbocycles. The molecule has 0 fully saturated rings. The molecule has 1 aliphatic rings. The van der Waals surface area contributed by atoms with Gasteiger partial charge in [0.1, 0.15) is 0 Å². The van der Waals surface area contributed by atoms with Gasteiger partial charge in [0.05, 0.1) is 0 Å². The van der Waals surface area contributed by atoms with E-state index in [1.54, 1.807) is 7.05 Å². The number of anilines is 1. The van der Waals surface area contributed by atoms with E-state index in [0.717, 1.165) is 19.5 Å². The number of nitrogens with one attached hydrogen (secondary N) is 1. The Kier molecular flexibility index (Phi) is 2.90. The van der Waals surface area contributed by atoms with Gasteiger partial charge in [-0.1, -0.05) is 18.2 Å². The van der Waals surface area contributed by atoms with Gasteiger partial charge < -0.3 is 10.2 Å². The lowest BCUT2D eigenvalue weighted by Crippen LogP contribution is -2.27. The molecule has 1 amide bonds. The van der Waals surface area contributed by atoms with Crippen molar-refractivity contribution in [1.82, 2.24) is 5.32 Å². The molecule has 3 nitrogen and oxygen atoms in total. The van der Waals surface area contributed by atoms with Crippen LogP contribution in [0.5, 0.6) is 0 Å². The zero-order valence-electron chi connectivity index (χ0n) is 8.99. The lowest BCUT2D eigenvalue weighted by molar-refractivity contribution is -0.120. The Morgan fingerprint density at radius 1 is 1.47 bits per heavy atom. The summed E-state index contributed by atoms with van der Waals surface area (Å²) in [6.45, 7) is 1.85. The molecule has 0 spiro atoms. The smallest absolute Gasteiger partial charge is 0.221 e. The second-order valence-electron chi connectivity index (χ2n) is 3.79. The number of amides is 1. The average Bonchev–Trinajstić information content (AvgIpc) is 2.69. The molecule has 80 valence electrons. The molecule has 3 heteroatoms. The number of rotatable bonds is 3. The van der Waals surface area contributed by atoms with Crippen LogP contribution >= 0.6 is 0 Å². The summed E-state index contributed by atoms with van der Waals surface area (Å²) in [5.74, 6) is 0.111. The quantitative estimate of drug-likeness (QED) is 0.802. The van der Waals surface area contributed by atoms with Crippen molar-refractivity contribution < 1.29 is 4.79 Å². The van der Waals surface area contributed by atoms with Crippen LogP contribution in [0.15, 0.2) is 24.3 Å². The number of hydrogen-bond acceptors (Lipinski definition) is 2. The van der Waals surface area contributed by atoms with Gasteiger partial charge in [0, 0.05) is 32.2 Å². The fourth-order valence-electron chi connectivity index (χ4n) is 2.00. The Labute approximate surface area is 90.1 Å². The van der Waals surface area contributed by atoms with E-state index in [4.69, 9.17) is 0 Å². The Balaban J connectivity index is 1.99. The number of para-hydroxylation sites is 1. The number of carbonyl (C=O) groups is 1. The fraction of sp³-hybridized carbons (Fsp3) is 0.417. The molecule has 0 radical (unpaired) electrons. The maximum Gasteiger partial charge on any atom is 0.221 e. The number of fused-ring (bicyclic) bond motifs is 1. The molecular formula is C12H16N2O. The first-order chi connectivity index (χ1) is 7.31. The Hall–Kier alpha value is -1.51. The molecule has 0 aliphatic carbocycles. The van der Waals surface area contributed by atoms with Gasteiger partial charge >= 0.3 is 0 Å². The van der Waals surface area contributed by atoms with Crippen LogP contribution in [0.1, 0.15) is 12.0 Å². The highest BCUT2D eigenvalue weighted by molar-refractivity contribution is 5.76. The van der Waals surface area contributed by atoms with Crippen molar-refractivity contribution in [3.05, 3.63) is 29.8 Å². The first-order valence-corrected chi connectivity index (χ1v) is 5.34. The van der Waals surface area contributed by atoms with Crippen LogP contribution in [0, 0.1) is 0 Å². The molecule has 0 atom stereocenters. The van der Waals surface area contributed by atoms with Crippen molar-refractivity contribution in [3.8, 4) is 0 Å². The third-order valence-electron chi connectivity index (χ3n) is 2.87. The topological polar surface area (TPSA) is 32.3 Å². The van der Waals surface area contributed by atoms with Crippen molar-refractivity contribution in [3.63, 3.8) is 0 Å². The number of hydrogen-bond donors (Lipinski definition) is 1. The second-order valence-corrected chi connectivity index (χ2v) is 3.79. The normalized spacial score (nSPS) is 13.8. The van der Waals surface area contributed by atoms with Crippen molar-refractivity contribution in [2.75, 3.05) is 25.0 Å². The molecule has 15 heavy (non-hydrogen) atoms. The third kappa shape index (κ3) is 2.12. The predicted octanol–water partition coefficient (Wildman–Crippen LogP) is 1.19. The highest BCUT2D eigenvalue weighted by Gasteiger charge is 2.18. The van der Waals surface area contributed by atoms with Crippen molar-refractivity contribution in [2.24, 2.45) is 0 Å². The molecule has 1 aliphatic heterocycles. The van der Waals surface area contributed by atoms with Crippen molar-refractivity contribution in [1.29, 1.82) is 0 Å². The molecule has 1 heterocycles. The highest BCUT2D eigenvalue weighted by Crippen LogP contribution is 2.27. The van der Waals surface area contributed by atoms with Gasteiger partial charge in [0.2, 0.25) is 5.91 Å². The molecule has 1 N–H and O–H groups in total. The van der Waals surface area contributed by atoms with E-state index < -0.39 is 0 Å². The predicted molar refractivity (Wildman–Crippen MR) is 61.0 cm³/mol. The standard InChI is InChI=1S/C12H16N2O/c1-13-12(15)7-9-14-8-6-10-4-2-3-5-11(10)14/h2-5H,6-9H2,1H3,(H,13,15). The van der Waals surface area contributed by atoms with Crippen molar-refractivity contribution >= 4 is 11.6 Å². The van der Waals surface area contributed by atoms with Gasteiger partial charge in [-0.25, -0.2) is 0 Å². The average molecular weight is 204 g/mol. The number of benzene rings is 1. The molecule has 0 aromatic heterocycles. The molecule has 1 aromatic rings. The summed E-state index contributed by atoms with van der Waals surface area (Å²) >= 11 is 0. The van der Waals surface area contributed by atoms with Crippen LogP contribution in [-0.2, 0) is 11.2 Å². The molecular weight excluding hydrogens is 188 g/mol. The Morgan fingerprint density at radius 2 is 2.27 bits per heavy atom. The lowest BCUT2D eigenvalue weighted by Gasteiger charge is -2.18. The van der Waals surface area contributed by atoms with E-state index in [9.17, 15) is 4.79 Å². The van der Waals surface area contributed by atoms with Gasteiger partial charge in [0.15, 0.2) is 0 Å². The van der Waals surface area contributed by atoms with E-state index in [1.807, 2.05) is 0 Å². The molecule has 0 bridgehead atoms.